The van der Waals surface area contributed by atoms with Gasteiger partial charge in [0.25, 0.3) is 5.91 Å². The van der Waals surface area contributed by atoms with E-state index in [0.29, 0.717) is 54.7 Å². The van der Waals surface area contributed by atoms with Gasteiger partial charge in [-0.3, -0.25) is 14.3 Å². The summed E-state index contributed by atoms with van der Waals surface area (Å²) in [4.78, 5) is 35.6. The van der Waals surface area contributed by atoms with Crippen molar-refractivity contribution in [1.82, 2.24) is 40.1 Å². The van der Waals surface area contributed by atoms with E-state index in [4.69, 9.17) is 4.74 Å². The van der Waals surface area contributed by atoms with E-state index in [2.05, 4.69) is 36.1 Å². The molecule has 196 valence electrons. The van der Waals surface area contributed by atoms with Crippen molar-refractivity contribution in [3.63, 3.8) is 0 Å². The van der Waals surface area contributed by atoms with Crippen molar-refractivity contribution in [2.75, 3.05) is 31.5 Å². The highest BCUT2D eigenvalue weighted by Gasteiger charge is 2.43. The molecule has 12 nitrogen and oxygen atoms in total. The maximum absolute atomic E-state index is 15.2. The van der Waals surface area contributed by atoms with Crippen LogP contribution in [0.2, 0.25) is 0 Å². The predicted octanol–water partition coefficient (Wildman–Crippen LogP) is 2.10. The number of aromatic nitrogens is 5. The van der Waals surface area contributed by atoms with E-state index in [-0.39, 0.29) is 11.4 Å². The molecule has 0 bridgehead atoms. The van der Waals surface area contributed by atoms with Crippen LogP contribution in [0.5, 0.6) is 0 Å². The minimum Gasteiger partial charge on any atom is -0.443 e. The zero-order valence-corrected chi connectivity index (χ0v) is 20.5. The van der Waals surface area contributed by atoms with Gasteiger partial charge in [-0.1, -0.05) is 0 Å². The van der Waals surface area contributed by atoms with Crippen LogP contribution in [-0.2, 0) is 4.74 Å². The largest absolute Gasteiger partial charge is 0.443 e. The van der Waals surface area contributed by atoms with Crippen LogP contribution >= 0.6 is 0 Å². The van der Waals surface area contributed by atoms with Crippen molar-refractivity contribution in [3.05, 3.63) is 35.9 Å². The van der Waals surface area contributed by atoms with Gasteiger partial charge < -0.3 is 25.6 Å². The first-order chi connectivity index (χ1) is 17.9. The molecular weight excluding hydrogens is 481 g/mol. The number of nitrogens with zero attached hydrogens (tertiary/aromatic N) is 5. The molecule has 0 unspecified atom stereocenters. The first-order valence-corrected chi connectivity index (χ1v) is 12.7. The summed E-state index contributed by atoms with van der Waals surface area (Å²) in [5.41, 5.74) is 1.32. The minimum atomic E-state index is -1.33. The fraction of sp³-hybridized carbons (Fsp3) is 0.542. The number of carbonyl (C=O) groups excluding carboxylic acids is 2. The highest BCUT2D eigenvalue weighted by Crippen LogP contribution is 2.39. The van der Waals surface area contributed by atoms with Gasteiger partial charge in [-0.2, -0.15) is 5.10 Å². The Balaban J connectivity index is 1.13. The van der Waals surface area contributed by atoms with Gasteiger partial charge in [0.15, 0.2) is 5.82 Å². The van der Waals surface area contributed by atoms with Crippen LogP contribution in [0.1, 0.15) is 54.7 Å². The van der Waals surface area contributed by atoms with Crippen LogP contribution in [-0.4, -0.2) is 85.5 Å². The molecule has 2 amide bonds. The lowest BCUT2D eigenvalue weighted by Gasteiger charge is -2.26. The fourth-order valence-corrected chi connectivity index (χ4v) is 4.95. The van der Waals surface area contributed by atoms with Crippen molar-refractivity contribution >= 4 is 29.4 Å². The SMILES string of the molecule is CC1(NC(=O)O[C@@H]2CC[C@H](c3cc(Nc4nccc5nc(C(=O)N6CCNCC6)cn45)n[nH]3)[C@@H]2F)CC1. The predicted molar refractivity (Wildman–Crippen MR) is 132 cm³/mol. The number of aromatic amines is 1. The highest BCUT2D eigenvalue weighted by molar-refractivity contribution is 5.93. The molecule has 0 aromatic carbocycles. The minimum absolute atomic E-state index is 0.120. The number of imidazole rings is 1. The Kier molecular flexibility index (Phi) is 5.94. The average Bonchev–Trinajstić information content (AvgIpc) is 3.25. The summed E-state index contributed by atoms with van der Waals surface area (Å²) >= 11 is 0. The summed E-state index contributed by atoms with van der Waals surface area (Å²) in [5.74, 6) is 0.300. The number of hydrogen-bond donors (Lipinski definition) is 4. The smallest absolute Gasteiger partial charge is 0.407 e. The third kappa shape index (κ3) is 4.82. The Morgan fingerprint density at radius 2 is 2.05 bits per heavy atom. The highest BCUT2D eigenvalue weighted by atomic mass is 19.1. The first kappa shape index (κ1) is 23.6. The number of amides is 2. The molecule has 3 aromatic heterocycles. The summed E-state index contributed by atoms with van der Waals surface area (Å²) in [6.07, 6.45) is 3.37. The Morgan fingerprint density at radius 1 is 1.24 bits per heavy atom. The van der Waals surface area contributed by atoms with Crippen molar-refractivity contribution in [1.29, 1.82) is 0 Å². The normalized spacial score (nSPS) is 24.7. The fourth-order valence-electron chi connectivity index (χ4n) is 4.95. The second-order valence-electron chi connectivity index (χ2n) is 10.3. The van der Waals surface area contributed by atoms with E-state index in [0.717, 1.165) is 25.9 Å². The average molecular weight is 512 g/mol. The quantitative estimate of drug-likeness (QED) is 0.394. The van der Waals surface area contributed by atoms with Crippen molar-refractivity contribution in [2.24, 2.45) is 0 Å². The monoisotopic (exact) mass is 511 g/mol. The van der Waals surface area contributed by atoms with Crippen LogP contribution in [0, 0.1) is 0 Å². The van der Waals surface area contributed by atoms with E-state index in [1.165, 1.54) is 0 Å². The van der Waals surface area contributed by atoms with Crippen LogP contribution in [0.3, 0.4) is 0 Å². The molecule has 3 fully saturated rings. The molecule has 4 heterocycles. The third-order valence-electron chi connectivity index (χ3n) is 7.41. The van der Waals surface area contributed by atoms with E-state index in [1.807, 2.05) is 6.92 Å². The number of fused-ring (bicyclic) bond motifs is 1. The molecule has 2 saturated carbocycles. The molecule has 1 aliphatic heterocycles. The number of ether oxygens (including phenoxy) is 1. The number of nitrogens with one attached hydrogen (secondary N) is 4. The van der Waals surface area contributed by atoms with Gasteiger partial charge in [0.2, 0.25) is 5.95 Å². The van der Waals surface area contributed by atoms with Crippen LogP contribution in [0.15, 0.2) is 24.5 Å². The lowest BCUT2D eigenvalue weighted by molar-refractivity contribution is 0.0546. The van der Waals surface area contributed by atoms with Gasteiger partial charge in [-0.05, 0) is 38.7 Å². The van der Waals surface area contributed by atoms with E-state index in [9.17, 15) is 9.59 Å². The van der Waals surface area contributed by atoms with Crippen LogP contribution < -0.4 is 16.0 Å². The Hall–Kier alpha value is -3.74. The van der Waals surface area contributed by atoms with Crippen LogP contribution in [0.4, 0.5) is 21.0 Å². The molecule has 37 heavy (non-hydrogen) atoms. The van der Waals surface area contributed by atoms with E-state index in [1.54, 1.807) is 33.8 Å². The number of hydrogen-bond acceptors (Lipinski definition) is 8. The number of rotatable bonds is 6. The summed E-state index contributed by atoms with van der Waals surface area (Å²) < 4.78 is 22.3. The zero-order valence-electron chi connectivity index (χ0n) is 20.5. The zero-order chi connectivity index (χ0) is 25.6. The molecule has 4 N–H and O–H groups in total. The lowest BCUT2D eigenvalue weighted by atomic mass is 10.0. The molecule has 1 saturated heterocycles. The number of alkyl halides is 1. The summed E-state index contributed by atoms with van der Waals surface area (Å²) in [7, 11) is 0. The Labute approximate surface area is 212 Å². The van der Waals surface area contributed by atoms with Gasteiger partial charge in [0, 0.05) is 61.8 Å². The molecule has 3 aromatic rings. The Bertz CT molecular complexity index is 1310. The summed E-state index contributed by atoms with van der Waals surface area (Å²) in [6, 6.07) is 3.46. The van der Waals surface area contributed by atoms with Gasteiger partial charge >= 0.3 is 6.09 Å². The number of halogens is 1. The molecule has 0 spiro atoms. The molecule has 3 atom stereocenters. The van der Waals surface area contributed by atoms with Gasteiger partial charge in [-0.25, -0.2) is 19.2 Å². The number of anilines is 2. The number of H-pyrrole nitrogens is 1. The summed E-state index contributed by atoms with van der Waals surface area (Å²) in [6.45, 7) is 4.74. The van der Waals surface area contributed by atoms with Gasteiger partial charge in [0.1, 0.15) is 23.6 Å². The molecular formula is C24H30FN9O3. The van der Waals surface area contributed by atoms with Crippen molar-refractivity contribution in [3.8, 4) is 0 Å². The number of alkyl carbamates (subject to hydrolysis) is 1. The third-order valence-corrected chi connectivity index (χ3v) is 7.41. The van der Waals surface area contributed by atoms with Crippen LogP contribution in [0.25, 0.3) is 5.65 Å². The lowest BCUT2D eigenvalue weighted by Crippen LogP contribution is -2.46. The topological polar surface area (TPSA) is 142 Å². The first-order valence-electron chi connectivity index (χ1n) is 12.7. The molecule has 13 heteroatoms. The molecule has 2 aliphatic carbocycles. The molecule has 6 rings (SSSR count). The maximum atomic E-state index is 15.2. The maximum Gasteiger partial charge on any atom is 0.407 e. The van der Waals surface area contributed by atoms with Gasteiger partial charge in [-0.15, -0.1) is 0 Å². The standard InChI is InChI=1S/C24H30FN9O3/c1-24(5-6-24)30-23(36)37-17-3-2-14(20(17)25)15-12-18(32-31-15)29-22-27-7-4-19-28-16(13-34(19)22)21(35)33-10-8-26-9-11-33/h4,7,12-14,17,20,26H,2-3,5-6,8-11H2,1H3,(H,30,36)(H2,27,29,31,32)/t14-,17-,20+/m1/s1. The Morgan fingerprint density at radius 3 is 2.84 bits per heavy atom. The van der Waals surface area contributed by atoms with Crippen molar-refractivity contribution < 1.29 is 18.7 Å². The van der Waals surface area contributed by atoms with E-state index < -0.39 is 24.3 Å². The van der Waals surface area contributed by atoms with E-state index >= 15 is 4.39 Å². The van der Waals surface area contributed by atoms with Gasteiger partial charge in [0.05, 0.1) is 0 Å². The second kappa shape index (κ2) is 9.29. The molecule has 0 radical (unpaired) electrons. The van der Waals surface area contributed by atoms with Crippen molar-refractivity contribution in [2.45, 2.75) is 56.3 Å². The summed E-state index contributed by atoms with van der Waals surface area (Å²) in [5, 5.41) is 16.4. The number of piperazine rings is 1. The molecule has 3 aliphatic rings. The number of carbonyl (C=O) groups is 2. The second-order valence-corrected chi connectivity index (χ2v) is 10.3.